The van der Waals surface area contributed by atoms with Crippen LogP contribution in [0.25, 0.3) is 0 Å². The SMILES string of the molecule is Cc1cc(S(=O)(=O)NCCN=C(N)Nc2cccc(C(C)C)c2)c(C)s1.I. The molecule has 0 radical (unpaired) electrons. The summed E-state index contributed by atoms with van der Waals surface area (Å²) in [6.45, 7) is 8.38. The summed E-state index contributed by atoms with van der Waals surface area (Å²) in [7, 11) is -3.51. The van der Waals surface area contributed by atoms with E-state index < -0.39 is 10.0 Å². The van der Waals surface area contributed by atoms with Crippen molar-refractivity contribution in [3.05, 3.63) is 45.6 Å². The van der Waals surface area contributed by atoms with Gasteiger partial charge in [-0.2, -0.15) is 0 Å². The summed E-state index contributed by atoms with van der Waals surface area (Å²) in [4.78, 5) is 6.26. The molecule has 4 N–H and O–H groups in total. The second-order valence-corrected chi connectivity index (χ2v) is 9.54. The van der Waals surface area contributed by atoms with E-state index in [9.17, 15) is 8.42 Å². The number of hydrogen-bond acceptors (Lipinski definition) is 4. The maximum absolute atomic E-state index is 12.3. The van der Waals surface area contributed by atoms with E-state index in [1.807, 2.05) is 25.1 Å². The van der Waals surface area contributed by atoms with E-state index in [1.165, 1.54) is 16.9 Å². The van der Waals surface area contributed by atoms with E-state index >= 15 is 0 Å². The van der Waals surface area contributed by atoms with Crippen molar-refractivity contribution in [3.63, 3.8) is 0 Å². The van der Waals surface area contributed by atoms with Crippen LogP contribution < -0.4 is 15.8 Å². The number of nitrogens with zero attached hydrogens (tertiary/aromatic N) is 1. The van der Waals surface area contributed by atoms with Gasteiger partial charge in [-0.3, -0.25) is 4.99 Å². The maximum atomic E-state index is 12.3. The molecule has 0 bridgehead atoms. The average Bonchev–Trinajstić information content (AvgIpc) is 2.91. The maximum Gasteiger partial charge on any atom is 0.241 e. The lowest BCUT2D eigenvalue weighted by atomic mass is 10.0. The number of aryl methyl sites for hydroxylation is 2. The van der Waals surface area contributed by atoms with Crippen molar-refractivity contribution >= 4 is 57.0 Å². The van der Waals surface area contributed by atoms with Gasteiger partial charge < -0.3 is 11.1 Å². The fourth-order valence-electron chi connectivity index (χ4n) is 2.47. The molecule has 0 spiro atoms. The van der Waals surface area contributed by atoms with Crippen molar-refractivity contribution in [1.82, 2.24) is 4.72 Å². The van der Waals surface area contributed by atoms with Gasteiger partial charge in [0, 0.05) is 22.0 Å². The average molecular weight is 522 g/mol. The number of anilines is 1. The zero-order valence-corrected chi connectivity index (χ0v) is 19.9. The lowest BCUT2D eigenvalue weighted by Gasteiger charge is -2.10. The normalized spacial score (nSPS) is 12.1. The fraction of sp³-hybridized carbons (Fsp3) is 0.389. The molecule has 1 heterocycles. The van der Waals surface area contributed by atoms with Crippen molar-refractivity contribution in [2.75, 3.05) is 18.4 Å². The van der Waals surface area contributed by atoms with Crippen molar-refractivity contribution in [3.8, 4) is 0 Å². The fourth-order valence-corrected chi connectivity index (χ4v) is 5.05. The van der Waals surface area contributed by atoms with Crippen molar-refractivity contribution in [2.24, 2.45) is 10.7 Å². The predicted molar refractivity (Wildman–Crippen MR) is 125 cm³/mol. The van der Waals surface area contributed by atoms with Crippen LogP contribution in [0.5, 0.6) is 0 Å². The monoisotopic (exact) mass is 522 g/mol. The minimum Gasteiger partial charge on any atom is -0.370 e. The molecule has 2 aromatic rings. The van der Waals surface area contributed by atoms with Crippen molar-refractivity contribution in [2.45, 2.75) is 38.5 Å². The number of halogens is 1. The van der Waals surface area contributed by atoms with Gasteiger partial charge in [0.25, 0.3) is 0 Å². The van der Waals surface area contributed by atoms with Crippen LogP contribution in [0.15, 0.2) is 40.2 Å². The Morgan fingerprint density at radius 2 is 1.96 bits per heavy atom. The van der Waals surface area contributed by atoms with E-state index in [-0.39, 0.29) is 43.0 Å². The molecular formula is C18H27IN4O2S2. The first-order valence-corrected chi connectivity index (χ1v) is 10.7. The van der Waals surface area contributed by atoms with E-state index in [1.54, 1.807) is 13.0 Å². The highest BCUT2D eigenvalue weighted by atomic mass is 127. The Labute approximate surface area is 182 Å². The number of nitrogens with two attached hydrogens (primary N) is 1. The molecule has 0 aliphatic carbocycles. The Morgan fingerprint density at radius 1 is 1.26 bits per heavy atom. The number of sulfonamides is 1. The van der Waals surface area contributed by atoms with Crippen LogP contribution in [0.3, 0.4) is 0 Å². The van der Waals surface area contributed by atoms with Crippen molar-refractivity contribution < 1.29 is 8.42 Å². The summed E-state index contributed by atoms with van der Waals surface area (Å²) in [6.07, 6.45) is 0. The molecule has 0 fully saturated rings. The number of hydrogen-bond donors (Lipinski definition) is 3. The third kappa shape index (κ3) is 7.05. The minimum absolute atomic E-state index is 0. The molecular weight excluding hydrogens is 495 g/mol. The highest BCUT2D eigenvalue weighted by Crippen LogP contribution is 2.24. The molecule has 0 atom stereocenters. The summed E-state index contributed by atoms with van der Waals surface area (Å²) in [6, 6.07) is 9.65. The Balaban J connectivity index is 0.00000364. The Bertz CT molecular complexity index is 893. The molecule has 9 heteroatoms. The Kier molecular flexibility index (Phi) is 9.19. The smallest absolute Gasteiger partial charge is 0.241 e. The van der Waals surface area contributed by atoms with Crippen LogP contribution in [0.4, 0.5) is 5.69 Å². The lowest BCUT2D eigenvalue weighted by Crippen LogP contribution is -2.28. The third-order valence-corrected chi connectivity index (χ3v) is 6.48. The molecule has 150 valence electrons. The molecule has 1 aromatic heterocycles. The topological polar surface area (TPSA) is 96.6 Å². The van der Waals surface area contributed by atoms with Gasteiger partial charge in [0.1, 0.15) is 0 Å². The number of guanidine groups is 1. The number of benzene rings is 1. The highest BCUT2D eigenvalue weighted by Gasteiger charge is 2.18. The Morgan fingerprint density at radius 3 is 2.56 bits per heavy atom. The van der Waals surface area contributed by atoms with Crippen LogP contribution in [0.1, 0.15) is 35.1 Å². The first-order chi connectivity index (χ1) is 12.2. The summed E-state index contributed by atoms with van der Waals surface area (Å²) in [5.41, 5.74) is 7.95. The molecule has 0 unspecified atom stereocenters. The molecule has 0 aliphatic rings. The molecule has 6 nitrogen and oxygen atoms in total. The Hall–Kier alpha value is -1.17. The highest BCUT2D eigenvalue weighted by molar-refractivity contribution is 14.0. The molecule has 0 aliphatic heterocycles. The molecule has 0 saturated carbocycles. The number of rotatable bonds is 7. The summed E-state index contributed by atoms with van der Waals surface area (Å²) >= 11 is 1.47. The van der Waals surface area contributed by atoms with E-state index in [2.05, 4.69) is 34.9 Å². The minimum atomic E-state index is -3.51. The molecule has 27 heavy (non-hydrogen) atoms. The second-order valence-electron chi connectivity index (χ2n) is 6.35. The zero-order chi connectivity index (χ0) is 19.3. The van der Waals surface area contributed by atoms with Gasteiger partial charge in [0.2, 0.25) is 10.0 Å². The summed E-state index contributed by atoms with van der Waals surface area (Å²) in [5.74, 6) is 0.682. The molecule has 1 aromatic carbocycles. The zero-order valence-electron chi connectivity index (χ0n) is 15.9. The number of aliphatic imine (C=N–C) groups is 1. The predicted octanol–water partition coefficient (Wildman–Crippen LogP) is 3.81. The van der Waals surface area contributed by atoms with Gasteiger partial charge in [-0.05, 0) is 43.5 Å². The van der Waals surface area contributed by atoms with Gasteiger partial charge in [0.05, 0.1) is 11.4 Å². The van der Waals surface area contributed by atoms with E-state index in [0.717, 1.165) is 15.4 Å². The standard InChI is InChI=1S/C18H26N4O2S2.HI/c1-12(2)15-6-5-7-16(11-15)22-18(19)20-8-9-21-26(23,24)17-10-13(3)25-14(17)4;/h5-7,10-12,21H,8-9H2,1-4H3,(H3,19,20,22);1H. The molecule has 0 saturated heterocycles. The van der Waals surface area contributed by atoms with E-state index in [0.29, 0.717) is 10.8 Å². The van der Waals surface area contributed by atoms with Gasteiger partial charge in [-0.15, -0.1) is 35.3 Å². The largest absolute Gasteiger partial charge is 0.370 e. The van der Waals surface area contributed by atoms with Crippen LogP contribution in [0.2, 0.25) is 0 Å². The second kappa shape index (κ2) is 10.4. The first-order valence-electron chi connectivity index (χ1n) is 8.42. The quantitative estimate of drug-likeness (QED) is 0.223. The van der Waals surface area contributed by atoms with Crippen LogP contribution >= 0.6 is 35.3 Å². The van der Waals surface area contributed by atoms with Crippen LogP contribution in [0, 0.1) is 13.8 Å². The van der Waals surface area contributed by atoms with Gasteiger partial charge in [-0.1, -0.05) is 26.0 Å². The van der Waals surface area contributed by atoms with Crippen LogP contribution in [-0.4, -0.2) is 27.5 Å². The van der Waals surface area contributed by atoms with Crippen LogP contribution in [-0.2, 0) is 10.0 Å². The number of nitrogens with one attached hydrogen (secondary N) is 2. The van der Waals surface area contributed by atoms with E-state index in [4.69, 9.17) is 5.73 Å². The lowest BCUT2D eigenvalue weighted by molar-refractivity contribution is 0.582. The van der Waals surface area contributed by atoms with Gasteiger partial charge in [-0.25, -0.2) is 13.1 Å². The first kappa shape index (κ1) is 23.9. The van der Waals surface area contributed by atoms with Gasteiger partial charge in [0.15, 0.2) is 5.96 Å². The molecule has 2 rings (SSSR count). The molecule has 0 amide bonds. The van der Waals surface area contributed by atoms with Gasteiger partial charge >= 0.3 is 0 Å². The van der Waals surface area contributed by atoms with Crippen molar-refractivity contribution in [1.29, 1.82) is 0 Å². The number of thiophene rings is 1. The summed E-state index contributed by atoms with van der Waals surface area (Å²) < 4.78 is 27.2. The summed E-state index contributed by atoms with van der Waals surface area (Å²) in [5, 5.41) is 3.03. The third-order valence-electron chi connectivity index (χ3n) is 3.80.